The molecule has 110 valence electrons. The van der Waals surface area contributed by atoms with Crippen LogP contribution in [0.2, 0.25) is 0 Å². The van der Waals surface area contributed by atoms with Crippen LogP contribution in [-0.4, -0.2) is 53.5 Å². The Morgan fingerprint density at radius 3 is 3.00 bits per heavy atom. The molecule has 6 nitrogen and oxygen atoms in total. The molecule has 0 radical (unpaired) electrons. The molecule has 1 aromatic carbocycles. The van der Waals surface area contributed by atoms with Crippen LogP contribution in [0.3, 0.4) is 0 Å². The van der Waals surface area contributed by atoms with Gasteiger partial charge in [0.15, 0.2) is 5.84 Å². The minimum Gasteiger partial charge on any atom is -0.409 e. The summed E-state index contributed by atoms with van der Waals surface area (Å²) in [5.74, 6) is 0.110. The van der Waals surface area contributed by atoms with E-state index in [0.29, 0.717) is 18.8 Å². The van der Waals surface area contributed by atoms with E-state index >= 15 is 0 Å². The number of rotatable bonds is 4. The number of benzene rings is 1. The fourth-order valence-electron chi connectivity index (χ4n) is 2.37. The molecule has 1 heterocycles. The Hall–Kier alpha value is -1.63. The number of aliphatic hydroxyl groups is 1. The van der Waals surface area contributed by atoms with Crippen LogP contribution in [0.5, 0.6) is 0 Å². The van der Waals surface area contributed by atoms with E-state index in [0.717, 1.165) is 18.7 Å². The van der Waals surface area contributed by atoms with Gasteiger partial charge >= 0.3 is 0 Å². The maximum atomic E-state index is 9.38. The molecule has 2 rings (SSSR count). The quantitative estimate of drug-likeness (QED) is 0.319. The lowest BCUT2D eigenvalue weighted by molar-refractivity contribution is -0.0313. The molecule has 0 saturated carbocycles. The molecule has 1 atom stereocenters. The molecule has 0 spiro atoms. The summed E-state index contributed by atoms with van der Waals surface area (Å²) in [6.07, 6.45) is 0. The van der Waals surface area contributed by atoms with Crippen molar-refractivity contribution in [2.45, 2.75) is 19.5 Å². The van der Waals surface area contributed by atoms with Gasteiger partial charge in [-0.1, -0.05) is 17.3 Å². The fourth-order valence-corrected chi connectivity index (χ4v) is 2.37. The average Bonchev–Trinajstić information content (AvgIpc) is 2.49. The van der Waals surface area contributed by atoms with Gasteiger partial charge in [0.1, 0.15) is 0 Å². The van der Waals surface area contributed by atoms with Crippen molar-refractivity contribution in [1.29, 1.82) is 0 Å². The largest absolute Gasteiger partial charge is 0.409 e. The number of hydrogen-bond donors (Lipinski definition) is 3. The number of morpholine rings is 1. The lowest BCUT2D eigenvalue weighted by Crippen LogP contribution is -2.46. The molecule has 0 aliphatic carbocycles. The van der Waals surface area contributed by atoms with Crippen LogP contribution in [0.15, 0.2) is 23.4 Å². The zero-order valence-corrected chi connectivity index (χ0v) is 11.6. The topological polar surface area (TPSA) is 91.3 Å². The average molecular weight is 279 g/mol. The summed E-state index contributed by atoms with van der Waals surface area (Å²) >= 11 is 0. The minimum absolute atomic E-state index is 0.0481. The van der Waals surface area contributed by atoms with E-state index in [9.17, 15) is 5.11 Å². The van der Waals surface area contributed by atoms with Gasteiger partial charge in [-0.15, -0.1) is 0 Å². The van der Waals surface area contributed by atoms with Gasteiger partial charge in [0.05, 0.1) is 25.9 Å². The maximum Gasteiger partial charge on any atom is 0.170 e. The number of nitrogens with zero attached hydrogens (tertiary/aromatic N) is 2. The smallest absolute Gasteiger partial charge is 0.170 e. The maximum absolute atomic E-state index is 9.38. The van der Waals surface area contributed by atoms with Crippen LogP contribution in [0.4, 0.5) is 0 Å². The van der Waals surface area contributed by atoms with Crippen LogP contribution in [0, 0.1) is 6.92 Å². The Morgan fingerprint density at radius 2 is 2.35 bits per heavy atom. The van der Waals surface area contributed by atoms with Crippen molar-refractivity contribution in [3.05, 3.63) is 34.9 Å². The van der Waals surface area contributed by atoms with Gasteiger partial charge in [-0.2, -0.15) is 0 Å². The number of amidine groups is 1. The van der Waals surface area contributed by atoms with Crippen molar-refractivity contribution >= 4 is 5.84 Å². The first kappa shape index (κ1) is 14.8. The summed E-state index contributed by atoms with van der Waals surface area (Å²) in [7, 11) is 0. The predicted molar refractivity (Wildman–Crippen MR) is 75.8 cm³/mol. The van der Waals surface area contributed by atoms with E-state index in [1.54, 1.807) is 0 Å². The van der Waals surface area contributed by atoms with E-state index < -0.39 is 0 Å². The Morgan fingerprint density at radius 1 is 1.55 bits per heavy atom. The first-order chi connectivity index (χ1) is 9.65. The monoisotopic (exact) mass is 279 g/mol. The molecule has 4 N–H and O–H groups in total. The predicted octanol–water partition coefficient (Wildman–Crippen LogP) is 0.283. The highest BCUT2D eigenvalue weighted by Gasteiger charge is 2.22. The summed E-state index contributed by atoms with van der Waals surface area (Å²) in [4.78, 5) is 2.22. The zero-order chi connectivity index (χ0) is 14.5. The lowest BCUT2D eigenvalue weighted by Gasteiger charge is -2.34. The summed E-state index contributed by atoms with van der Waals surface area (Å²) in [6.45, 7) is 4.93. The Bertz CT molecular complexity index is 491. The highest BCUT2D eigenvalue weighted by molar-refractivity contribution is 5.97. The molecule has 6 heteroatoms. The van der Waals surface area contributed by atoms with E-state index in [1.807, 2.05) is 25.1 Å². The third kappa shape index (κ3) is 3.27. The van der Waals surface area contributed by atoms with Crippen LogP contribution >= 0.6 is 0 Å². The molecule has 0 aromatic heterocycles. The van der Waals surface area contributed by atoms with Gasteiger partial charge in [-0.05, 0) is 24.1 Å². The van der Waals surface area contributed by atoms with E-state index in [4.69, 9.17) is 15.7 Å². The van der Waals surface area contributed by atoms with Gasteiger partial charge in [0.2, 0.25) is 0 Å². The van der Waals surface area contributed by atoms with Crippen LogP contribution in [0.1, 0.15) is 16.7 Å². The first-order valence-electron chi connectivity index (χ1n) is 6.65. The molecule has 1 fully saturated rings. The highest BCUT2D eigenvalue weighted by atomic mass is 16.5. The molecular weight excluding hydrogens is 258 g/mol. The molecular formula is C14H21N3O3. The second kappa shape index (κ2) is 6.69. The number of aliphatic hydroxyl groups excluding tert-OH is 1. The highest BCUT2D eigenvalue weighted by Crippen LogP contribution is 2.17. The van der Waals surface area contributed by atoms with Crippen LogP contribution in [-0.2, 0) is 11.3 Å². The van der Waals surface area contributed by atoms with Crippen molar-refractivity contribution in [2.24, 2.45) is 10.9 Å². The Balaban J connectivity index is 2.13. The summed E-state index contributed by atoms with van der Waals surface area (Å²) < 4.78 is 5.37. The number of nitrogens with two attached hydrogens (primary N) is 1. The van der Waals surface area contributed by atoms with E-state index in [1.165, 1.54) is 5.56 Å². The molecule has 0 bridgehead atoms. The van der Waals surface area contributed by atoms with Crippen molar-refractivity contribution in [3.8, 4) is 0 Å². The van der Waals surface area contributed by atoms with Gasteiger partial charge < -0.3 is 20.8 Å². The Kier molecular flexibility index (Phi) is 4.94. The van der Waals surface area contributed by atoms with Crippen LogP contribution < -0.4 is 5.73 Å². The minimum atomic E-state index is 0.0481. The fraction of sp³-hybridized carbons (Fsp3) is 0.500. The van der Waals surface area contributed by atoms with Crippen molar-refractivity contribution in [3.63, 3.8) is 0 Å². The van der Waals surface area contributed by atoms with Crippen LogP contribution in [0.25, 0.3) is 0 Å². The molecule has 1 unspecified atom stereocenters. The van der Waals surface area contributed by atoms with Gasteiger partial charge in [0.25, 0.3) is 0 Å². The molecule has 1 aliphatic rings. The van der Waals surface area contributed by atoms with E-state index in [-0.39, 0.29) is 18.5 Å². The number of ether oxygens (including phenoxy) is 1. The number of aryl methyl sites for hydroxylation is 1. The third-order valence-corrected chi connectivity index (χ3v) is 3.68. The zero-order valence-electron chi connectivity index (χ0n) is 11.6. The van der Waals surface area contributed by atoms with Gasteiger partial charge in [-0.3, -0.25) is 4.90 Å². The van der Waals surface area contributed by atoms with Crippen molar-refractivity contribution in [2.75, 3.05) is 26.4 Å². The van der Waals surface area contributed by atoms with Crippen molar-refractivity contribution in [1.82, 2.24) is 4.90 Å². The van der Waals surface area contributed by atoms with E-state index in [2.05, 4.69) is 10.1 Å². The SMILES string of the molecule is Cc1cc(/C(N)=N/O)ccc1CN1CCOCC1CO. The van der Waals surface area contributed by atoms with Gasteiger partial charge in [-0.25, -0.2) is 0 Å². The van der Waals surface area contributed by atoms with Gasteiger partial charge in [0, 0.05) is 18.7 Å². The lowest BCUT2D eigenvalue weighted by atomic mass is 10.0. The molecule has 1 saturated heterocycles. The molecule has 20 heavy (non-hydrogen) atoms. The second-order valence-electron chi connectivity index (χ2n) is 5.01. The first-order valence-corrected chi connectivity index (χ1v) is 6.65. The normalized spacial score (nSPS) is 21.1. The molecule has 1 aliphatic heterocycles. The number of hydrogen-bond acceptors (Lipinski definition) is 5. The Labute approximate surface area is 118 Å². The summed E-state index contributed by atoms with van der Waals surface area (Å²) in [5, 5.41) is 21.1. The summed E-state index contributed by atoms with van der Waals surface area (Å²) in [6, 6.07) is 5.77. The number of oxime groups is 1. The summed E-state index contributed by atoms with van der Waals surface area (Å²) in [5.41, 5.74) is 8.53. The standard InChI is InChI=1S/C14H21N3O3/c1-10-6-11(14(15)16-19)2-3-12(10)7-17-4-5-20-9-13(17)8-18/h2-3,6,13,18-19H,4-5,7-9H2,1H3,(H2,15,16). The molecule has 0 amide bonds. The third-order valence-electron chi connectivity index (χ3n) is 3.68. The van der Waals surface area contributed by atoms with Crippen molar-refractivity contribution < 1.29 is 15.1 Å². The molecule has 1 aromatic rings. The second-order valence-corrected chi connectivity index (χ2v) is 5.01.